The number of hydrogen-bond donors (Lipinski definition) is 1. The van der Waals surface area contributed by atoms with Crippen LogP contribution in [0.5, 0.6) is 0 Å². The van der Waals surface area contributed by atoms with Crippen LogP contribution in [0.25, 0.3) is 15.9 Å². The smallest absolute Gasteiger partial charge is 0.341 e. The van der Waals surface area contributed by atoms with Gasteiger partial charge in [-0.15, -0.1) is 22.7 Å². The molecule has 1 amide bonds. The quantitative estimate of drug-likeness (QED) is 0.170. The van der Waals surface area contributed by atoms with Crippen LogP contribution in [0.2, 0.25) is 0 Å². The molecule has 0 radical (unpaired) electrons. The lowest BCUT2D eigenvalue weighted by Gasteiger charge is -2.17. The summed E-state index contributed by atoms with van der Waals surface area (Å²) < 4.78 is 6.67. The molecular formula is C29H29N3O4S3. The van der Waals surface area contributed by atoms with Gasteiger partial charge in [0.25, 0.3) is 5.56 Å². The second kappa shape index (κ2) is 10.9. The SMILES string of the molecule is COC(=O)c1c(NC(=O)CSc2nc3sc4c(c3c(=O)n2-c2ccccc2)CCC(C)C4)sc2c1CCCC2. The summed E-state index contributed by atoms with van der Waals surface area (Å²) in [6.07, 6.45) is 6.76. The molecule has 3 heterocycles. The first-order chi connectivity index (χ1) is 18.9. The number of anilines is 1. The minimum atomic E-state index is -0.418. The number of benzene rings is 1. The number of rotatable bonds is 6. The zero-order chi connectivity index (χ0) is 27.1. The van der Waals surface area contributed by atoms with Gasteiger partial charge in [0, 0.05) is 9.75 Å². The van der Waals surface area contributed by atoms with Crippen molar-refractivity contribution in [3.05, 3.63) is 67.1 Å². The number of para-hydroxylation sites is 1. The number of nitrogens with zero attached hydrogens (tertiary/aromatic N) is 2. The Hall–Kier alpha value is -2.95. The summed E-state index contributed by atoms with van der Waals surface area (Å²) in [5.41, 5.74) is 3.27. The number of thioether (sulfide) groups is 1. The van der Waals surface area contributed by atoms with E-state index in [1.807, 2.05) is 30.3 Å². The van der Waals surface area contributed by atoms with Crippen molar-refractivity contribution in [3.63, 3.8) is 0 Å². The standard InChI is InChI=1S/C29H29N3O4S3/c1-16-12-13-19-21(14-16)39-25-23(19)27(34)32(17-8-4-3-5-9-17)29(31-25)37-15-22(33)30-26-24(28(35)36-2)18-10-6-7-11-20(18)38-26/h3-5,8-9,16H,6-7,10-15H2,1-2H3,(H,30,33). The van der Waals surface area contributed by atoms with Crippen molar-refractivity contribution in [1.82, 2.24) is 9.55 Å². The lowest BCUT2D eigenvalue weighted by atomic mass is 9.89. The minimum absolute atomic E-state index is 0.0517. The van der Waals surface area contributed by atoms with Gasteiger partial charge in [0.2, 0.25) is 5.91 Å². The number of nitrogens with one attached hydrogen (secondary N) is 1. The molecular weight excluding hydrogens is 551 g/mol. The fourth-order valence-electron chi connectivity index (χ4n) is 5.54. The van der Waals surface area contributed by atoms with Gasteiger partial charge in [-0.05, 0) is 74.1 Å². The lowest BCUT2D eigenvalue weighted by Crippen LogP contribution is -2.23. The van der Waals surface area contributed by atoms with Crippen LogP contribution in [0, 0.1) is 5.92 Å². The Morgan fingerprint density at radius 2 is 1.90 bits per heavy atom. The van der Waals surface area contributed by atoms with Crippen molar-refractivity contribution in [2.24, 2.45) is 5.92 Å². The second-order valence-corrected chi connectivity index (χ2v) is 13.3. The summed E-state index contributed by atoms with van der Waals surface area (Å²) in [6, 6.07) is 9.47. The first kappa shape index (κ1) is 26.3. The number of ether oxygens (including phenoxy) is 1. The zero-order valence-electron chi connectivity index (χ0n) is 21.9. The molecule has 1 atom stereocenters. The zero-order valence-corrected chi connectivity index (χ0v) is 24.3. The van der Waals surface area contributed by atoms with Gasteiger partial charge >= 0.3 is 5.97 Å². The van der Waals surface area contributed by atoms with Crippen LogP contribution in [0.1, 0.15) is 57.4 Å². The summed E-state index contributed by atoms with van der Waals surface area (Å²) in [6.45, 7) is 2.25. The Morgan fingerprint density at radius 3 is 2.69 bits per heavy atom. The van der Waals surface area contributed by atoms with Gasteiger partial charge in [-0.1, -0.05) is 36.9 Å². The molecule has 0 saturated carbocycles. The molecule has 6 rings (SSSR count). The molecule has 1 N–H and O–H groups in total. The van der Waals surface area contributed by atoms with E-state index in [1.165, 1.54) is 35.1 Å². The maximum atomic E-state index is 13.9. The molecule has 0 spiro atoms. The Kier molecular flexibility index (Phi) is 7.35. The van der Waals surface area contributed by atoms with Gasteiger partial charge in [0.15, 0.2) is 5.16 Å². The molecule has 1 aromatic carbocycles. The van der Waals surface area contributed by atoms with Gasteiger partial charge in [0.1, 0.15) is 9.83 Å². The second-order valence-electron chi connectivity index (χ2n) is 10.1. The van der Waals surface area contributed by atoms with Crippen molar-refractivity contribution in [2.45, 2.75) is 57.0 Å². The van der Waals surface area contributed by atoms with Gasteiger partial charge < -0.3 is 10.1 Å². The maximum absolute atomic E-state index is 13.9. The van der Waals surface area contributed by atoms with E-state index in [-0.39, 0.29) is 17.2 Å². The molecule has 1 unspecified atom stereocenters. The number of amides is 1. The average Bonchev–Trinajstić information content (AvgIpc) is 3.49. The van der Waals surface area contributed by atoms with Crippen molar-refractivity contribution in [2.75, 3.05) is 18.2 Å². The number of carbonyl (C=O) groups excluding carboxylic acids is 2. The van der Waals surface area contributed by atoms with Gasteiger partial charge in [-0.25, -0.2) is 9.78 Å². The minimum Gasteiger partial charge on any atom is -0.465 e. The number of methoxy groups -OCH3 is 1. The summed E-state index contributed by atoms with van der Waals surface area (Å²) >= 11 is 4.31. The number of fused-ring (bicyclic) bond motifs is 4. The van der Waals surface area contributed by atoms with Crippen LogP contribution in [0.3, 0.4) is 0 Å². The molecule has 0 fully saturated rings. The fraction of sp³-hybridized carbons (Fsp3) is 0.379. The number of hydrogen-bond acceptors (Lipinski definition) is 8. The molecule has 0 aliphatic heterocycles. The molecule has 4 aromatic rings. The summed E-state index contributed by atoms with van der Waals surface area (Å²) in [7, 11) is 1.37. The van der Waals surface area contributed by atoms with Crippen molar-refractivity contribution in [1.29, 1.82) is 0 Å². The van der Waals surface area contributed by atoms with Crippen LogP contribution in [-0.4, -0.2) is 34.3 Å². The third-order valence-corrected chi connectivity index (χ3v) is 10.8. The van der Waals surface area contributed by atoms with E-state index < -0.39 is 5.97 Å². The van der Waals surface area contributed by atoms with Crippen LogP contribution in [0.15, 0.2) is 40.3 Å². The average molecular weight is 580 g/mol. The number of aryl methyl sites for hydroxylation is 2. The van der Waals surface area contributed by atoms with E-state index in [0.717, 1.165) is 71.5 Å². The maximum Gasteiger partial charge on any atom is 0.341 e. The first-order valence-electron chi connectivity index (χ1n) is 13.2. The van der Waals surface area contributed by atoms with Gasteiger partial charge in [0.05, 0.1) is 29.5 Å². The molecule has 7 nitrogen and oxygen atoms in total. The molecule has 2 aliphatic carbocycles. The normalized spacial score (nSPS) is 16.5. The highest BCUT2D eigenvalue weighted by atomic mass is 32.2. The Morgan fingerprint density at radius 1 is 1.10 bits per heavy atom. The van der Waals surface area contributed by atoms with Crippen molar-refractivity contribution < 1.29 is 14.3 Å². The van der Waals surface area contributed by atoms with Crippen LogP contribution in [0.4, 0.5) is 5.00 Å². The van der Waals surface area contributed by atoms with Crippen LogP contribution >= 0.6 is 34.4 Å². The lowest BCUT2D eigenvalue weighted by molar-refractivity contribution is -0.113. The number of esters is 1. The molecule has 202 valence electrons. The van der Waals surface area contributed by atoms with E-state index in [0.29, 0.717) is 27.0 Å². The first-order valence-corrected chi connectivity index (χ1v) is 15.8. The van der Waals surface area contributed by atoms with Gasteiger partial charge in [-0.2, -0.15) is 0 Å². The molecule has 10 heteroatoms. The van der Waals surface area contributed by atoms with E-state index in [4.69, 9.17) is 9.72 Å². The number of aromatic nitrogens is 2. The molecule has 39 heavy (non-hydrogen) atoms. The highest BCUT2D eigenvalue weighted by molar-refractivity contribution is 7.99. The predicted octanol–water partition coefficient (Wildman–Crippen LogP) is 6.03. The van der Waals surface area contributed by atoms with Crippen molar-refractivity contribution >= 4 is 61.5 Å². The Labute approximate surface area is 238 Å². The Bertz CT molecular complexity index is 1640. The topological polar surface area (TPSA) is 90.3 Å². The Balaban J connectivity index is 1.32. The number of thiophene rings is 2. The molecule has 2 aliphatic rings. The molecule has 3 aromatic heterocycles. The summed E-state index contributed by atoms with van der Waals surface area (Å²) in [4.78, 5) is 47.7. The third-order valence-electron chi connectivity index (χ3n) is 7.46. The summed E-state index contributed by atoms with van der Waals surface area (Å²) in [5, 5.41) is 4.70. The molecule has 0 saturated heterocycles. The number of carbonyl (C=O) groups is 2. The third kappa shape index (κ3) is 4.94. The predicted molar refractivity (Wildman–Crippen MR) is 158 cm³/mol. The van der Waals surface area contributed by atoms with Crippen molar-refractivity contribution in [3.8, 4) is 5.69 Å². The van der Waals surface area contributed by atoms with E-state index in [9.17, 15) is 14.4 Å². The molecule has 0 bridgehead atoms. The largest absolute Gasteiger partial charge is 0.465 e. The van der Waals surface area contributed by atoms with Crippen LogP contribution in [-0.2, 0) is 35.2 Å². The van der Waals surface area contributed by atoms with Crippen LogP contribution < -0.4 is 10.9 Å². The monoisotopic (exact) mass is 579 g/mol. The highest BCUT2D eigenvalue weighted by Gasteiger charge is 2.28. The van der Waals surface area contributed by atoms with E-state index in [2.05, 4.69) is 12.2 Å². The van der Waals surface area contributed by atoms with Gasteiger partial charge in [-0.3, -0.25) is 14.2 Å². The van der Waals surface area contributed by atoms with E-state index >= 15 is 0 Å². The van der Waals surface area contributed by atoms with E-state index in [1.54, 1.807) is 15.9 Å². The highest BCUT2D eigenvalue weighted by Crippen LogP contribution is 2.39. The summed E-state index contributed by atoms with van der Waals surface area (Å²) in [5.74, 6) is -0.0246. The fourth-order valence-corrected chi connectivity index (χ4v) is 9.07.